The van der Waals surface area contributed by atoms with Crippen LogP contribution < -0.4 is 11.3 Å². The maximum Gasteiger partial charge on any atom is 0.123 e. The number of hydrogen-bond donors (Lipinski definition) is 2. The summed E-state index contributed by atoms with van der Waals surface area (Å²) in [6.07, 6.45) is 0.648. The maximum absolute atomic E-state index is 13.3. The summed E-state index contributed by atoms with van der Waals surface area (Å²) in [5.74, 6) is 7.75. The number of hydrogen-bond acceptors (Lipinski definition) is 4. The molecule has 1 aromatic rings. The van der Waals surface area contributed by atoms with E-state index in [0.717, 1.165) is 11.3 Å². The van der Waals surface area contributed by atoms with Gasteiger partial charge in [-0.15, -0.1) is 0 Å². The van der Waals surface area contributed by atoms with E-state index in [0.29, 0.717) is 21.9 Å². The number of nitrogens with one attached hydrogen (secondary N) is 1. The lowest BCUT2D eigenvalue weighted by atomic mass is 10.0. The Morgan fingerprint density at radius 3 is 2.89 bits per heavy atom. The minimum absolute atomic E-state index is 0.104. The van der Waals surface area contributed by atoms with Gasteiger partial charge in [0.15, 0.2) is 0 Å². The summed E-state index contributed by atoms with van der Waals surface area (Å²) in [5.41, 5.74) is 3.70. The lowest BCUT2D eigenvalue weighted by Crippen LogP contribution is -2.48. The van der Waals surface area contributed by atoms with E-state index in [1.54, 1.807) is 6.07 Å². The van der Waals surface area contributed by atoms with Crippen LogP contribution in [-0.2, 0) is 6.42 Å². The fourth-order valence-corrected chi connectivity index (χ4v) is 5.44. The van der Waals surface area contributed by atoms with Crippen molar-refractivity contribution in [3.63, 3.8) is 0 Å². The molecule has 0 amide bonds. The molecule has 1 fully saturated rings. The highest BCUT2D eigenvalue weighted by Crippen LogP contribution is 2.34. The van der Waals surface area contributed by atoms with E-state index in [-0.39, 0.29) is 11.9 Å². The summed E-state index contributed by atoms with van der Waals surface area (Å²) in [6, 6.07) is 4.58. The van der Waals surface area contributed by atoms with Gasteiger partial charge in [0.2, 0.25) is 0 Å². The van der Waals surface area contributed by atoms with Crippen molar-refractivity contribution in [1.82, 2.24) is 5.43 Å². The summed E-state index contributed by atoms with van der Waals surface area (Å²) in [7, 11) is 0. The van der Waals surface area contributed by atoms with Crippen LogP contribution in [0, 0.1) is 5.82 Å². The second-order valence-corrected chi connectivity index (χ2v) is 7.80. The Balaban J connectivity index is 2.11. The quantitative estimate of drug-likeness (QED) is 0.660. The van der Waals surface area contributed by atoms with Crippen molar-refractivity contribution < 1.29 is 4.39 Å². The fraction of sp³-hybridized carbons (Fsp3) is 0.538. The lowest BCUT2D eigenvalue weighted by Gasteiger charge is -2.34. The summed E-state index contributed by atoms with van der Waals surface area (Å²) in [4.78, 5) is 0. The Bertz CT molecular complexity index is 433. The topological polar surface area (TPSA) is 38.0 Å². The van der Waals surface area contributed by atoms with Gasteiger partial charge in [0.25, 0.3) is 0 Å². The zero-order chi connectivity index (χ0) is 13.8. The lowest BCUT2D eigenvalue weighted by molar-refractivity contribution is 0.500. The van der Waals surface area contributed by atoms with E-state index in [1.807, 2.05) is 23.5 Å². The molecule has 0 aliphatic carbocycles. The second kappa shape index (κ2) is 7.18. The van der Waals surface area contributed by atoms with Gasteiger partial charge in [0, 0.05) is 33.1 Å². The van der Waals surface area contributed by atoms with Crippen molar-refractivity contribution in [3.8, 4) is 0 Å². The normalized spacial score (nSPS) is 25.3. The first-order valence-corrected chi connectivity index (χ1v) is 8.72. The molecular formula is C13H18ClFN2S2. The molecule has 1 aliphatic rings. The van der Waals surface area contributed by atoms with E-state index in [2.05, 4.69) is 12.3 Å². The van der Waals surface area contributed by atoms with Crippen LogP contribution in [0.15, 0.2) is 18.2 Å². The molecule has 2 rings (SSSR count). The van der Waals surface area contributed by atoms with Crippen LogP contribution in [0.1, 0.15) is 12.5 Å². The van der Waals surface area contributed by atoms with Crippen molar-refractivity contribution >= 4 is 35.1 Å². The SMILES string of the molecule is CC1SCCSC1C(Cc1cc(F)ccc1Cl)NN. The summed E-state index contributed by atoms with van der Waals surface area (Å²) < 4.78 is 13.3. The maximum atomic E-state index is 13.3. The smallest absolute Gasteiger partial charge is 0.123 e. The predicted octanol–water partition coefficient (Wildman–Crippen LogP) is 3.09. The first kappa shape index (κ1) is 15.4. The van der Waals surface area contributed by atoms with E-state index in [4.69, 9.17) is 17.4 Å². The number of hydrazine groups is 1. The molecule has 106 valence electrons. The molecular weight excluding hydrogens is 303 g/mol. The zero-order valence-electron chi connectivity index (χ0n) is 10.7. The largest absolute Gasteiger partial charge is 0.271 e. The average Bonchev–Trinajstić information content (AvgIpc) is 2.41. The van der Waals surface area contributed by atoms with Crippen LogP contribution in [0.25, 0.3) is 0 Å². The molecule has 1 heterocycles. The summed E-state index contributed by atoms with van der Waals surface area (Å²) in [6.45, 7) is 2.22. The Labute approximate surface area is 127 Å². The number of nitrogens with two attached hydrogens (primary N) is 1. The van der Waals surface area contributed by atoms with E-state index in [1.165, 1.54) is 17.9 Å². The van der Waals surface area contributed by atoms with E-state index >= 15 is 0 Å². The molecule has 3 unspecified atom stereocenters. The van der Waals surface area contributed by atoms with Gasteiger partial charge < -0.3 is 0 Å². The molecule has 3 atom stereocenters. The molecule has 6 heteroatoms. The minimum atomic E-state index is -0.256. The Hall–Kier alpha value is 0.0600. The summed E-state index contributed by atoms with van der Waals surface area (Å²) >= 11 is 10.0. The van der Waals surface area contributed by atoms with E-state index in [9.17, 15) is 4.39 Å². The monoisotopic (exact) mass is 320 g/mol. The molecule has 19 heavy (non-hydrogen) atoms. The van der Waals surface area contributed by atoms with Gasteiger partial charge in [-0.3, -0.25) is 11.3 Å². The fourth-order valence-electron chi connectivity index (χ4n) is 2.30. The number of benzene rings is 1. The van der Waals surface area contributed by atoms with Crippen molar-refractivity contribution in [2.45, 2.75) is 29.9 Å². The highest BCUT2D eigenvalue weighted by Gasteiger charge is 2.30. The molecule has 0 spiro atoms. The molecule has 1 aromatic carbocycles. The molecule has 3 N–H and O–H groups in total. The third-order valence-electron chi connectivity index (χ3n) is 3.30. The molecule has 0 radical (unpaired) electrons. The van der Waals surface area contributed by atoms with Crippen molar-refractivity contribution in [2.75, 3.05) is 11.5 Å². The predicted molar refractivity (Wildman–Crippen MR) is 84.4 cm³/mol. The molecule has 2 nitrogen and oxygen atoms in total. The molecule has 0 bridgehead atoms. The van der Waals surface area contributed by atoms with Crippen LogP contribution in [0.2, 0.25) is 5.02 Å². The second-order valence-electron chi connectivity index (χ2n) is 4.62. The summed E-state index contributed by atoms with van der Waals surface area (Å²) in [5, 5.41) is 1.55. The Morgan fingerprint density at radius 1 is 1.47 bits per heavy atom. The van der Waals surface area contributed by atoms with Gasteiger partial charge in [0.1, 0.15) is 5.82 Å². The third-order valence-corrected chi connectivity index (χ3v) is 6.92. The molecule has 1 aliphatic heterocycles. The van der Waals surface area contributed by atoms with Gasteiger partial charge in [-0.25, -0.2) is 4.39 Å². The van der Waals surface area contributed by atoms with Gasteiger partial charge in [0.05, 0.1) is 0 Å². The van der Waals surface area contributed by atoms with E-state index < -0.39 is 0 Å². The van der Waals surface area contributed by atoms with Crippen molar-refractivity contribution in [3.05, 3.63) is 34.6 Å². The Kier molecular flexibility index (Phi) is 5.84. The number of thioether (sulfide) groups is 2. The average molecular weight is 321 g/mol. The first-order valence-electron chi connectivity index (χ1n) is 6.25. The Morgan fingerprint density at radius 2 is 2.21 bits per heavy atom. The van der Waals surface area contributed by atoms with Crippen LogP contribution in [0.4, 0.5) is 4.39 Å². The van der Waals surface area contributed by atoms with Gasteiger partial charge in [-0.05, 0) is 30.2 Å². The number of halogens is 2. The van der Waals surface area contributed by atoms with Crippen LogP contribution in [0.3, 0.4) is 0 Å². The molecule has 1 saturated heterocycles. The van der Waals surface area contributed by atoms with Gasteiger partial charge in [-0.2, -0.15) is 23.5 Å². The van der Waals surface area contributed by atoms with Crippen LogP contribution >= 0.6 is 35.1 Å². The van der Waals surface area contributed by atoms with Crippen LogP contribution in [-0.4, -0.2) is 28.0 Å². The zero-order valence-corrected chi connectivity index (χ0v) is 13.1. The van der Waals surface area contributed by atoms with Crippen molar-refractivity contribution in [2.24, 2.45) is 5.84 Å². The third kappa shape index (κ3) is 4.02. The standard InChI is InChI=1S/C13H18ClFN2S2/c1-8-13(19-5-4-18-8)12(17-16)7-9-6-10(15)2-3-11(9)14/h2-3,6,8,12-13,17H,4-5,7,16H2,1H3. The highest BCUT2D eigenvalue weighted by molar-refractivity contribution is 8.07. The molecule has 0 aromatic heterocycles. The first-order chi connectivity index (χ1) is 9.11. The van der Waals surface area contributed by atoms with Crippen molar-refractivity contribution in [1.29, 1.82) is 0 Å². The van der Waals surface area contributed by atoms with Gasteiger partial charge >= 0.3 is 0 Å². The minimum Gasteiger partial charge on any atom is -0.271 e. The molecule has 0 saturated carbocycles. The van der Waals surface area contributed by atoms with Crippen LogP contribution in [0.5, 0.6) is 0 Å². The van der Waals surface area contributed by atoms with Gasteiger partial charge in [-0.1, -0.05) is 18.5 Å². The number of rotatable bonds is 4. The highest BCUT2D eigenvalue weighted by atomic mass is 35.5.